The molecule has 192 valence electrons. The van der Waals surface area contributed by atoms with Gasteiger partial charge in [0.05, 0.1) is 31.5 Å². The van der Waals surface area contributed by atoms with Crippen molar-refractivity contribution in [2.45, 2.75) is 71.6 Å². The number of fused-ring (bicyclic) bond motifs is 3. The van der Waals surface area contributed by atoms with E-state index in [1.165, 1.54) is 19.6 Å². The fourth-order valence-corrected chi connectivity index (χ4v) is 6.75. The van der Waals surface area contributed by atoms with E-state index in [0.717, 1.165) is 0 Å². The van der Waals surface area contributed by atoms with Gasteiger partial charge in [-0.25, -0.2) is 0 Å². The van der Waals surface area contributed by atoms with Gasteiger partial charge in [-0.15, -0.1) is 0 Å². The lowest BCUT2D eigenvalue weighted by atomic mass is 9.43. The highest BCUT2D eigenvalue weighted by atomic mass is 16.6. The molecule has 0 spiro atoms. The monoisotopic (exact) mass is 489 g/mol. The lowest BCUT2D eigenvalue weighted by Gasteiger charge is -2.61. The predicted molar refractivity (Wildman–Crippen MR) is 122 cm³/mol. The number of carbonyl (C=O) groups excluding carboxylic acids is 4. The highest BCUT2D eigenvalue weighted by molar-refractivity contribution is 5.93. The van der Waals surface area contributed by atoms with E-state index >= 15 is 0 Å². The molecule has 2 heterocycles. The molecule has 0 bridgehead atoms. The van der Waals surface area contributed by atoms with E-state index in [1.807, 2.05) is 13.8 Å². The smallest absolute Gasteiger partial charge is 0.323 e. The number of esters is 3. The third kappa shape index (κ3) is 4.07. The lowest BCUT2D eigenvalue weighted by Crippen LogP contribution is -2.65. The Morgan fingerprint density at radius 2 is 1.91 bits per heavy atom. The first-order valence-electron chi connectivity index (χ1n) is 12.2. The van der Waals surface area contributed by atoms with Crippen LogP contribution in [-0.4, -0.2) is 42.9 Å². The molecule has 9 nitrogen and oxygen atoms in total. The standard InChI is InChI=1S/C26H35NO8/c1-13(2)19(27)24(31)34-17-10-16(22(29)32-5)25(3)8-6-15-23(30)35-18(14-7-9-33-12-14)11-26(15,4)21(25)20(17)28/h7,9,12-13,15-19,21H,6,8,10-11,27H2,1-5H3/t15-,16-,17-,18+,19+,21-,25-,26-/m0/s1. The van der Waals surface area contributed by atoms with Gasteiger partial charge in [0.1, 0.15) is 12.1 Å². The molecule has 2 saturated carbocycles. The minimum absolute atomic E-state index is 0.0331. The number of cyclic esters (lactones) is 1. The molecule has 1 aromatic rings. The van der Waals surface area contributed by atoms with Crippen molar-refractivity contribution in [3.05, 3.63) is 24.2 Å². The van der Waals surface area contributed by atoms with Crippen molar-refractivity contribution in [3.8, 4) is 0 Å². The van der Waals surface area contributed by atoms with E-state index < -0.39 is 58.8 Å². The Morgan fingerprint density at radius 1 is 1.20 bits per heavy atom. The molecule has 0 amide bonds. The van der Waals surface area contributed by atoms with Gasteiger partial charge in [0.25, 0.3) is 0 Å². The zero-order valence-corrected chi connectivity index (χ0v) is 20.9. The van der Waals surface area contributed by atoms with Gasteiger partial charge in [0, 0.05) is 17.9 Å². The molecule has 0 aromatic carbocycles. The summed E-state index contributed by atoms with van der Waals surface area (Å²) < 4.78 is 21.7. The number of carbonyl (C=O) groups is 4. The van der Waals surface area contributed by atoms with Crippen LogP contribution in [0.5, 0.6) is 0 Å². The Balaban J connectivity index is 1.75. The van der Waals surface area contributed by atoms with Gasteiger partial charge in [0.15, 0.2) is 11.9 Å². The molecule has 8 atom stereocenters. The van der Waals surface area contributed by atoms with Crippen LogP contribution >= 0.6 is 0 Å². The molecule has 9 heteroatoms. The summed E-state index contributed by atoms with van der Waals surface area (Å²) in [6.07, 6.45) is 2.70. The summed E-state index contributed by atoms with van der Waals surface area (Å²) in [4.78, 5) is 52.9. The Hall–Kier alpha value is -2.68. The number of ether oxygens (including phenoxy) is 3. The van der Waals surface area contributed by atoms with E-state index in [-0.39, 0.29) is 24.1 Å². The molecule has 1 saturated heterocycles. The van der Waals surface area contributed by atoms with Gasteiger partial charge in [-0.1, -0.05) is 27.7 Å². The van der Waals surface area contributed by atoms with Crippen LogP contribution in [0, 0.1) is 34.5 Å². The van der Waals surface area contributed by atoms with Crippen LogP contribution in [0.15, 0.2) is 23.0 Å². The second kappa shape index (κ2) is 9.08. The average Bonchev–Trinajstić information content (AvgIpc) is 3.34. The third-order valence-corrected chi connectivity index (χ3v) is 8.75. The van der Waals surface area contributed by atoms with E-state index in [9.17, 15) is 19.2 Å². The zero-order chi connectivity index (χ0) is 25.7. The average molecular weight is 490 g/mol. The number of hydrogen-bond donors (Lipinski definition) is 1. The summed E-state index contributed by atoms with van der Waals surface area (Å²) in [7, 11) is 1.31. The maximum absolute atomic E-state index is 14.1. The van der Waals surface area contributed by atoms with Crippen molar-refractivity contribution in [1.82, 2.24) is 0 Å². The molecular weight excluding hydrogens is 454 g/mol. The van der Waals surface area contributed by atoms with Crippen LogP contribution < -0.4 is 5.73 Å². The minimum atomic E-state index is -1.14. The minimum Gasteiger partial charge on any atom is -0.472 e. The van der Waals surface area contributed by atoms with Crippen LogP contribution in [0.25, 0.3) is 0 Å². The van der Waals surface area contributed by atoms with Crippen molar-refractivity contribution in [2.24, 2.45) is 40.2 Å². The van der Waals surface area contributed by atoms with E-state index in [0.29, 0.717) is 24.8 Å². The quantitative estimate of drug-likeness (QED) is 0.489. The van der Waals surface area contributed by atoms with Gasteiger partial charge in [-0.2, -0.15) is 0 Å². The number of hydrogen-bond acceptors (Lipinski definition) is 9. The largest absolute Gasteiger partial charge is 0.472 e. The molecule has 35 heavy (non-hydrogen) atoms. The second-order valence-corrected chi connectivity index (χ2v) is 11.1. The summed E-state index contributed by atoms with van der Waals surface area (Å²) in [6.45, 7) is 7.42. The summed E-state index contributed by atoms with van der Waals surface area (Å²) >= 11 is 0. The first-order valence-corrected chi connectivity index (χ1v) is 12.2. The van der Waals surface area contributed by atoms with Crippen molar-refractivity contribution >= 4 is 23.7 Å². The summed E-state index contributed by atoms with van der Waals surface area (Å²) in [5.41, 5.74) is 5.10. The van der Waals surface area contributed by atoms with Crippen LogP contribution in [-0.2, 0) is 33.4 Å². The first kappa shape index (κ1) is 25.4. The van der Waals surface area contributed by atoms with Crippen molar-refractivity contribution in [1.29, 1.82) is 0 Å². The van der Waals surface area contributed by atoms with Gasteiger partial charge in [-0.05, 0) is 42.1 Å². The Kier molecular flexibility index (Phi) is 6.59. The fourth-order valence-electron chi connectivity index (χ4n) is 6.75. The summed E-state index contributed by atoms with van der Waals surface area (Å²) in [5.74, 6) is -3.86. The number of nitrogens with two attached hydrogens (primary N) is 1. The molecule has 2 N–H and O–H groups in total. The maximum atomic E-state index is 14.1. The Bertz CT molecular complexity index is 1000. The van der Waals surface area contributed by atoms with Crippen molar-refractivity contribution in [2.75, 3.05) is 7.11 Å². The second-order valence-electron chi connectivity index (χ2n) is 11.1. The normalized spacial score (nSPS) is 37.6. The molecular formula is C26H35NO8. The van der Waals surface area contributed by atoms with Crippen molar-refractivity contribution in [3.63, 3.8) is 0 Å². The van der Waals surface area contributed by atoms with Crippen molar-refractivity contribution < 1.29 is 37.8 Å². The molecule has 3 aliphatic rings. The van der Waals surface area contributed by atoms with Crippen LogP contribution in [0.1, 0.15) is 65.0 Å². The predicted octanol–water partition coefficient (Wildman–Crippen LogP) is 2.96. The zero-order valence-electron chi connectivity index (χ0n) is 20.9. The van der Waals surface area contributed by atoms with E-state index in [2.05, 4.69) is 0 Å². The topological polar surface area (TPSA) is 135 Å². The first-order chi connectivity index (χ1) is 16.4. The van der Waals surface area contributed by atoms with Gasteiger partial charge < -0.3 is 24.4 Å². The molecule has 0 radical (unpaired) electrons. The van der Waals surface area contributed by atoms with Crippen LogP contribution in [0.2, 0.25) is 0 Å². The highest BCUT2D eigenvalue weighted by Gasteiger charge is 2.67. The Labute approximate surface area is 205 Å². The summed E-state index contributed by atoms with van der Waals surface area (Å²) in [5, 5.41) is 0. The molecule has 0 unspecified atom stereocenters. The van der Waals surface area contributed by atoms with Crippen LogP contribution in [0.4, 0.5) is 0 Å². The lowest BCUT2D eigenvalue weighted by molar-refractivity contribution is -0.210. The van der Waals surface area contributed by atoms with Gasteiger partial charge >= 0.3 is 17.9 Å². The number of Topliss-reactive ketones (excluding diaryl/α,β-unsaturated/α-hetero) is 1. The van der Waals surface area contributed by atoms with E-state index in [1.54, 1.807) is 19.9 Å². The third-order valence-electron chi connectivity index (χ3n) is 8.75. The number of methoxy groups -OCH3 is 1. The van der Waals surface area contributed by atoms with Gasteiger partial charge in [-0.3, -0.25) is 19.2 Å². The van der Waals surface area contributed by atoms with Crippen LogP contribution in [0.3, 0.4) is 0 Å². The summed E-state index contributed by atoms with van der Waals surface area (Å²) in [6, 6.07) is 0.846. The molecule has 4 rings (SSSR count). The maximum Gasteiger partial charge on any atom is 0.323 e. The fraction of sp³-hybridized carbons (Fsp3) is 0.692. The highest BCUT2D eigenvalue weighted by Crippen LogP contribution is 2.65. The molecule has 3 fully saturated rings. The SMILES string of the molecule is COC(=O)[C@@H]1C[C@H](OC(=O)[C@H](N)C(C)C)C(=O)[C@H]2[C@@]1(C)CC[C@H]1C(=O)O[C@@H](c3ccoc3)C[C@]21C. The Morgan fingerprint density at radius 3 is 2.51 bits per heavy atom. The number of furan rings is 1. The molecule has 1 aromatic heterocycles. The van der Waals surface area contributed by atoms with Gasteiger partial charge in [0.2, 0.25) is 0 Å². The number of ketones is 1. The molecule has 1 aliphatic heterocycles. The number of rotatable bonds is 5. The molecule has 2 aliphatic carbocycles. The van der Waals surface area contributed by atoms with E-state index in [4.69, 9.17) is 24.4 Å².